The van der Waals surface area contributed by atoms with E-state index in [1.54, 1.807) is 6.07 Å². The fourth-order valence-corrected chi connectivity index (χ4v) is 3.07. The number of anilines is 1. The van der Waals surface area contributed by atoms with E-state index in [0.717, 1.165) is 31.9 Å². The van der Waals surface area contributed by atoms with Crippen molar-refractivity contribution in [2.75, 3.05) is 31.1 Å². The molecular weight excluding hydrogens is 264 g/mol. The third-order valence-electron chi connectivity index (χ3n) is 4.32. The van der Waals surface area contributed by atoms with Crippen LogP contribution in [0.25, 0.3) is 5.69 Å². The summed E-state index contributed by atoms with van der Waals surface area (Å²) in [5, 5.41) is 18.1. The minimum atomic E-state index is 0.286. The number of para-hydroxylation sites is 2. The van der Waals surface area contributed by atoms with Crippen molar-refractivity contribution in [3.63, 3.8) is 0 Å². The van der Waals surface area contributed by atoms with Crippen molar-refractivity contribution in [3.05, 3.63) is 36.2 Å². The summed E-state index contributed by atoms with van der Waals surface area (Å²) in [6, 6.07) is 7.43. The van der Waals surface area contributed by atoms with Crippen LogP contribution in [0, 0.1) is 0 Å². The predicted molar refractivity (Wildman–Crippen MR) is 82.3 cm³/mol. The second kappa shape index (κ2) is 5.07. The van der Waals surface area contributed by atoms with Crippen molar-refractivity contribution in [3.8, 4) is 11.4 Å². The van der Waals surface area contributed by atoms with Crippen molar-refractivity contribution in [2.45, 2.75) is 18.8 Å². The zero-order valence-corrected chi connectivity index (χ0v) is 12.0. The Balaban J connectivity index is 1.78. The first kappa shape index (κ1) is 12.7. The number of hydrogen-bond acceptors (Lipinski definition) is 4. The molecule has 0 unspecified atom stereocenters. The number of nitrogens with zero attached hydrogens (tertiary/aromatic N) is 3. The molecule has 5 heteroatoms. The van der Waals surface area contributed by atoms with Gasteiger partial charge >= 0.3 is 0 Å². The van der Waals surface area contributed by atoms with Gasteiger partial charge in [-0.3, -0.25) is 0 Å². The molecule has 1 aromatic carbocycles. The first-order chi connectivity index (χ1) is 10.3. The molecule has 1 aromatic heterocycles. The third kappa shape index (κ3) is 2.27. The second-order valence-electron chi connectivity index (χ2n) is 5.83. The van der Waals surface area contributed by atoms with Gasteiger partial charge in [-0.05, 0) is 25.0 Å². The molecule has 0 atom stereocenters. The summed E-state index contributed by atoms with van der Waals surface area (Å²) in [7, 11) is 0. The van der Waals surface area contributed by atoms with E-state index in [1.807, 2.05) is 29.1 Å². The lowest BCUT2D eigenvalue weighted by Crippen LogP contribution is -2.43. The van der Waals surface area contributed by atoms with Crippen molar-refractivity contribution >= 4 is 5.69 Å². The molecule has 1 aliphatic heterocycles. The van der Waals surface area contributed by atoms with E-state index in [-0.39, 0.29) is 5.75 Å². The van der Waals surface area contributed by atoms with E-state index < -0.39 is 0 Å². The topological polar surface area (TPSA) is 53.3 Å². The highest BCUT2D eigenvalue weighted by Gasteiger charge is 2.33. The van der Waals surface area contributed by atoms with E-state index in [1.165, 1.54) is 24.2 Å². The van der Waals surface area contributed by atoms with Crippen LogP contribution in [0.15, 0.2) is 30.5 Å². The van der Waals surface area contributed by atoms with Crippen molar-refractivity contribution in [1.82, 2.24) is 15.1 Å². The summed E-state index contributed by atoms with van der Waals surface area (Å²) in [6.07, 6.45) is 4.40. The molecule has 2 fully saturated rings. The van der Waals surface area contributed by atoms with Crippen LogP contribution >= 0.6 is 0 Å². The Labute approximate surface area is 124 Å². The number of aromatic nitrogens is 2. The van der Waals surface area contributed by atoms with Crippen molar-refractivity contribution in [2.24, 2.45) is 0 Å². The van der Waals surface area contributed by atoms with Crippen LogP contribution in [-0.4, -0.2) is 41.1 Å². The van der Waals surface area contributed by atoms with Gasteiger partial charge in [0.25, 0.3) is 0 Å². The molecule has 0 bridgehead atoms. The quantitative estimate of drug-likeness (QED) is 0.903. The number of hydrogen-bond donors (Lipinski definition) is 2. The zero-order chi connectivity index (χ0) is 14.2. The van der Waals surface area contributed by atoms with E-state index in [9.17, 15) is 5.11 Å². The SMILES string of the molecule is Oc1ccccc1-n1ncc(N2CCNCC2)c1C1CC1. The molecule has 2 heterocycles. The summed E-state index contributed by atoms with van der Waals surface area (Å²) < 4.78 is 1.93. The van der Waals surface area contributed by atoms with Crippen LogP contribution in [0.5, 0.6) is 5.75 Å². The highest BCUT2D eigenvalue weighted by molar-refractivity contribution is 5.57. The Morgan fingerprint density at radius 2 is 1.86 bits per heavy atom. The molecule has 1 aliphatic carbocycles. The van der Waals surface area contributed by atoms with Crippen LogP contribution < -0.4 is 10.2 Å². The Kier molecular flexibility index (Phi) is 3.07. The molecule has 0 spiro atoms. The van der Waals surface area contributed by atoms with Crippen LogP contribution in [0.1, 0.15) is 24.5 Å². The van der Waals surface area contributed by atoms with Gasteiger partial charge in [0.2, 0.25) is 0 Å². The normalized spacial score (nSPS) is 19.0. The molecule has 110 valence electrons. The summed E-state index contributed by atoms with van der Waals surface area (Å²) in [5.41, 5.74) is 3.28. The summed E-state index contributed by atoms with van der Waals surface area (Å²) in [4.78, 5) is 2.41. The van der Waals surface area contributed by atoms with Gasteiger partial charge in [0, 0.05) is 32.1 Å². The molecule has 4 rings (SSSR count). The van der Waals surface area contributed by atoms with Crippen molar-refractivity contribution < 1.29 is 5.11 Å². The van der Waals surface area contributed by atoms with E-state index in [4.69, 9.17) is 0 Å². The second-order valence-corrected chi connectivity index (χ2v) is 5.83. The van der Waals surface area contributed by atoms with Gasteiger partial charge < -0.3 is 15.3 Å². The van der Waals surface area contributed by atoms with Gasteiger partial charge in [-0.25, -0.2) is 4.68 Å². The molecule has 0 amide bonds. The van der Waals surface area contributed by atoms with Gasteiger partial charge in [-0.1, -0.05) is 12.1 Å². The average molecular weight is 284 g/mol. The molecule has 2 N–H and O–H groups in total. The van der Waals surface area contributed by atoms with E-state index in [0.29, 0.717) is 5.92 Å². The molecule has 0 radical (unpaired) electrons. The van der Waals surface area contributed by atoms with Crippen LogP contribution in [-0.2, 0) is 0 Å². The van der Waals surface area contributed by atoms with E-state index in [2.05, 4.69) is 15.3 Å². The summed E-state index contributed by atoms with van der Waals surface area (Å²) >= 11 is 0. The summed E-state index contributed by atoms with van der Waals surface area (Å²) in [6.45, 7) is 4.08. The first-order valence-electron chi connectivity index (χ1n) is 7.66. The monoisotopic (exact) mass is 284 g/mol. The number of nitrogens with one attached hydrogen (secondary N) is 1. The summed E-state index contributed by atoms with van der Waals surface area (Å²) in [5.74, 6) is 0.867. The molecule has 5 nitrogen and oxygen atoms in total. The van der Waals surface area contributed by atoms with Gasteiger partial charge in [-0.2, -0.15) is 5.10 Å². The molecular formula is C16H20N4O. The Hall–Kier alpha value is -2.01. The lowest BCUT2D eigenvalue weighted by atomic mass is 10.2. The van der Waals surface area contributed by atoms with Crippen LogP contribution in [0.3, 0.4) is 0 Å². The highest BCUT2D eigenvalue weighted by Crippen LogP contribution is 2.45. The number of rotatable bonds is 3. The van der Waals surface area contributed by atoms with Gasteiger partial charge in [0.05, 0.1) is 17.6 Å². The number of benzene rings is 1. The predicted octanol–water partition coefficient (Wildman–Crippen LogP) is 1.86. The zero-order valence-electron chi connectivity index (χ0n) is 12.0. The smallest absolute Gasteiger partial charge is 0.141 e. The van der Waals surface area contributed by atoms with Gasteiger partial charge in [-0.15, -0.1) is 0 Å². The fourth-order valence-electron chi connectivity index (χ4n) is 3.07. The maximum Gasteiger partial charge on any atom is 0.141 e. The minimum absolute atomic E-state index is 0.286. The number of aromatic hydroxyl groups is 1. The maximum absolute atomic E-state index is 10.1. The molecule has 1 saturated carbocycles. The number of phenols is 1. The van der Waals surface area contributed by atoms with Gasteiger partial charge in [0.15, 0.2) is 0 Å². The lowest BCUT2D eigenvalue weighted by Gasteiger charge is -2.29. The Bertz CT molecular complexity index is 641. The molecule has 1 saturated heterocycles. The largest absolute Gasteiger partial charge is 0.506 e. The van der Waals surface area contributed by atoms with Crippen molar-refractivity contribution in [1.29, 1.82) is 0 Å². The lowest BCUT2D eigenvalue weighted by molar-refractivity contribution is 0.469. The number of piperazine rings is 1. The van der Waals surface area contributed by atoms with Crippen LogP contribution in [0.4, 0.5) is 5.69 Å². The molecule has 21 heavy (non-hydrogen) atoms. The number of phenolic OH excluding ortho intramolecular Hbond substituents is 1. The third-order valence-corrected chi connectivity index (χ3v) is 4.32. The highest BCUT2D eigenvalue weighted by atomic mass is 16.3. The molecule has 2 aliphatic rings. The average Bonchev–Trinajstić information content (AvgIpc) is 3.27. The first-order valence-corrected chi connectivity index (χ1v) is 7.66. The minimum Gasteiger partial charge on any atom is -0.506 e. The van der Waals surface area contributed by atoms with Crippen LogP contribution in [0.2, 0.25) is 0 Å². The van der Waals surface area contributed by atoms with Gasteiger partial charge in [0.1, 0.15) is 11.4 Å². The standard InChI is InChI=1S/C16H20N4O/c21-15-4-2-1-3-13(15)20-16(12-5-6-12)14(11-18-20)19-9-7-17-8-10-19/h1-4,11-12,17,21H,5-10H2. The van der Waals surface area contributed by atoms with E-state index >= 15 is 0 Å². The molecule has 2 aromatic rings. The fraction of sp³-hybridized carbons (Fsp3) is 0.438. The maximum atomic E-state index is 10.1. The Morgan fingerprint density at radius 3 is 2.57 bits per heavy atom. The Morgan fingerprint density at radius 1 is 1.10 bits per heavy atom.